The Hall–Kier alpha value is -0.0800. The van der Waals surface area contributed by atoms with Crippen molar-refractivity contribution in [3.8, 4) is 0 Å². The first-order chi connectivity index (χ1) is 4.80. The van der Waals surface area contributed by atoms with Gasteiger partial charge in [0.05, 0.1) is 20.1 Å². The maximum atomic E-state index is 2.27. The van der Waals surface area contributed by atoms with E-state index in [0.29, 0.717) is 12.2 Å². The molecule has 0 fully saturated rings. The first kappa shape index (κ1) is 10.9. The van der Waals surface area contributed by atoms with Gasteiger partial charge in [-0.15, -0.1) is 0 Å². The molecule has 2 heteroatoms. The SMILES string of the molecule is CC(C)[N+](C)(C)C(C)N(C)C. The van der Waals surface area contributed by atoms with Crippen molar-refractivity contribution in [3.05, 3.63) is 0 Å². The fourth-order valence-electron chi connectivity index (χ4n) is 1.03. The van der Waals surface area contributed by atoms with Gasteiger partial charge in [0.15, 0.2) is 0 Å². The Morgan fingerprint density at radius 1 is 1.00 bits per heavy atom. The highest BCUT2D eigenvalue weighted by molar-refractivity contribution is 4.49. The molecule has 0 aromatic carbocycles. The van der Waals surface area contributed by atoms with E-state index in [4.69, 9.17) is 0 Å². The van der Waals surface area contributed by atoms with E-state index in [9.17, 15) is 0 Å². The zero-order chi connectivity index (χ0) is 9.23. The summed E-state index contributed by atoms with van der Waals surface area (Å²) >= 11 is 0. The summed E-state index contributed by atoms with van der Waals surface area (Å²) in [7, 11) is 8.81. The van der Waals surface area contributed by atoms with E-state index in [0.717, 1.165) is 4.48 Å². The lowest BCUT2D eigenvalue weighted by molar-refractivity contribution is -0.943. The molecule has 0 N–H and O–H groups in total. The first-order valence-electron chi connectivity index (χ1n) is 4.30. The lowest BCUT2D eigenvalue weighted by Crippen LogP contribution is -2.57. The normalized spacial score (nSPS) is 16.1. The highest BCUT2D eigenvalue weighted by Gasteiger charge is 2.28. The van der Waals surface area contributed by atoms with Crippen molar-refractivity contribution in [2.75, 3.05) is 28.2 Å². The van der Waals surface area contributed by atoms with E-state index in [2.05, 4.69) is 53.9 Å². The molecule has 0 saturated carbocycles. The van der Waals surface area contributed by atoms with Crippen LogP contribution in [0.4, 0.5) is 0 Å². The molecule has 0 aliphatic carbocycles. The molecule has 0 heterocycles. The van der Waals surface area contributed by atoms with Gasteiger partial charge in [0, 0.05) is 6.92 Å². The molecule has 0 spiro atoms. The summed E-state index contributed by atoms with van der Waals surface area (Å²) in [5.41, 5.74) is 0. The second-order valence-corrected chi connectivity index (χ2v) is 4.32. The third-order valence-electron chi connectivity index (χ3n) is 3.04. The molecule has 0 bridgehead atoms. The zero-order valence-corrected chi connectivity index (χ0v) is 9.05. The van der Waals surface area contributed by atoms with Gasteiger partial charge in [0.25, 0.3) is 0 Å². The maximum absolute atomic E-state index is 2.27. The summed E-state index contributed by atoms with van der Waals surface area (Å²) in [6.45, 7) is 6.79. The van der Waals surface area contributed by atoms with Crippen molar-refractivity contribution < 1.29 is 4.48 Å². The van der Waals surface area contributed by atoms with Crippen LogP contribution in [0.1, 0.15) is 20.8 Å². The van der Waals surface area contributed by atoms with E-state index in [1.165, 1.54) is 0 Å². The topological polar surface area (TPSA) is 3.24 Å². The largest absolute Gasteiger partial charge is 0.312 e. The number of quaternary nitrogens is 1. The van der Waals surface area contributed by atoms with Crippen LogP contribution in [0.25, 0.3) is 0 Å². The summed E-state index contributed by atoms with van der Waals surface area (Å²) < 4.78 is 1.05. The number of hydrogen-bond acceptors (Lipinski definition) is 1. The van der Waals surface area contributed by atoms with Gasteiger partial charge in [-0.2, -0.15) is 0 Å². The number of nitrogens with zero attached hydrogens (tertiary/aromatic N) is 2. The predicted octanol–water partition coefficient (Wildman–Crippen LogP) is 1.38. The summed E-state index contributed by atoms with van der Waals surface area (Å²) in [6, 6.07) is 0.674. The molecule has 11 heavy (non-hydrogen) atoms. The fourth-order valence-corrected chi connectivity index (χ4v) is 1.03. The van der Waals surface area contributed by atoms with Crippen LogP contribution in [-0.2, 0) is 0 Å². The van der Waals surface area contributed by atoms with Gasteiger partial charge in [-0.05, 0) is 27.9 Å². The summed E-state index contributed by atoms with van der Waals surface area (Å²) in [6.07, 6.45) is 0.579. The Balaban J connectivity index is 4.29. The van der Waals surface area contributed by atoms with Crippen molar-refractivity contribution >= 4 is 0 Å². The van der Waals surface area contributed by atoms with E-state index in [-0.39, 0.29) is 0 Å². The monoisotopic (exact) mass is 159 g/mol. The van der Waals surface area contributed by atoms with Gasteiger partial charge < -0.3 is 4.48 Å². The van der Waals surface area contributed by atoms with Crippen molar-refractivity contribution in [1.29, 1.82) is 0 Å². The highest BCUT2D eigenvalue weighted by Crippen LogP contribution is 2.13. The molecule has 0 saturated heterocycles. The minimum Gasteiger partial charge on any atom is -0.312 e. The predicted molar refractivity (Wildman–Crippen MR) is 50.4 cm³/mol. The summed E-state index contributed by atoms with van der Waals surface area (Å²) in [5.74, 6) is 0. The molecular formula is C9H23N2+. The van der Waals surface area contributed by atoms with Crippen LogP contribution in [0.5, 0.6) is 0 Å². The molecule has 0 radical (unpaired) electrons. The van der Waals surface area contributed by atoms with Crippen LogP contribution < -0.4 is 0 Å². The minimum absolute atomic E-state index is 0.579. The lowest BCUT2D eigenvalue weighted by atomic mass is 10.2. The van der Waals surface area contributed by atoms with Crippen LogP contribution in [0, 0.1) is 0 Å². The molecule has 0 aliphatic heterocycles. The van der Waals surface area contributed by atoms with Gasteiger partial charge in [0.1, 0.15) is 6.17 Å². The fraction of sp³-hybridized carbons (Fsp3) is 1.00. The van der Waals surface area contributed by atoms with E-state index in [1.807, 2.05) is 0 Å². The second kappa shape index (κ2) is 3.55. The van der Waals surface area contributed by atoms with Crippen LogP contribution in [0.2, 0.25) is 0 Å². The molecule has 0 rings (SSSR count). The van der Waals surface area contributed by atoms with E-state index >= 15 is 0 Å². The molecule has 68 valence electrons. The molecule has 0 amide bonds. The molecule has 1 unspecified atom stereocenters. The van der Waals surface area contributed by atoms with E-state index < -0.39 is 0 Å². The standard InChI is InChI=1S/C9H23N2/c1-8(2)11(6,7)9(3)10(4)5/h8-9H,1-7H3/q+1. The average Bonchev–Trinajstić information content (AvgIpc) is 1.85. The van der Waals surface area contributed by atoms with Gasteiger partial charge in [0.2, 0.25) is 0 Å². The van der Waals surface area contributed by atoms with Gasteiger partial charge >= 0.3 is 0 Å². The molecule has 2 nitrogen and oxygen atoms in total. The van der Waals surface area contributed by atoms with Crippen molar-refractivity contribution in [2.24, 2.45) is 0 Å². The highest BCUT2D eigenvalue weighted by atomic mass is 15.4. The maximum Gasteiger partial charge on any atom is 0.141 e. The number of rotatable bonds is 3. The van der Waals surface area contributed by atoms with Gasteiger partial charge in [-0.1, -0.05) is 0 Å². The molecular weight excluding hydrogens is 136 g/mol. The first-order valence-corrected chi connectivity index (χ1v) is 4.30. The Morgan fingerprint density at radius 2 is 1.36 bits per heavy atom. The zero-order valence-electron chi connectivity index (χ0n) is 9.05. The van der Waals surface area contributed by atoms with Gasteiger partial charge in [-0.3, -0.25) is 4.90 Å². The molecule has 0 aliphatic rings. The minimum atomic E-state index is 0.579. The van der Waals surface area contributed by atoms with Crippen molar-refractivity contribution in [1.82, 2.24) is 4.90 Å². The number of hydrogen-bond donors (Lipinski definition) is 0. The van der Waals surface area contributed by atoms with Crippen LogP contribution >= 0.6 is 0 Å². The average molecular weight is 159 g/mol. The van der Waals surface area contributed by atoms with Gasteiger partial charge in [-0.25, -0.2) is 0 Å². The third kappa shape index (κ3) is 2.46. The second-order valence-electron chi connectivity index (χ2n) is 4.32. The Labute approximate surface area is 71.4 Å². The Kier molecular flexibility index (Phi) is 3.52. The Morgan fingerprint density at radius 3 is 1.45 bits per heavy atom. The lowest BCUT2D eigenvalue weighted by Gasteiger charge is -2.42. The van der Waals surface area contributed by atoms with Crippen molar-refractivity contribution in [2.45, 2.75) is 33.0 Å². The Bertz CT molecular complexity index is 117. The van der Waals surface area contributed by atoms with E-state index in [1.54, 1.807) is 0 Å². The summed E-state index contributed by atoms with van der Waals surface area (Å²) in [5, 5.41) is 0. The molecule has 0 aromatic rings. The van der Waals surface area contributed by atoms with Crippen LogP contribution in [0.3, 0.4) is 0 Å². The van der Waals surface area contributed by atoms with Crippen LogP contribution in [0.15, 0.2) is 0 Å². The van der Waals surface area contributed by atoms with Crippen LogP contribution in [-0.4, -0.2) is 49.8 Å². The molecule has 1 atom stereocenters. The quantitative estimate of drug-likeness (QED) is 0.444. The third-order valence-corrected chi connectivity index (χ3v) is 3.04. The smallest absolute Gasteiger partial charge is 0.141 e. The molecule has 0 aromatic heterocycles. The van der Waals surface area contributed by atoms with Crippen molar-refractivity contribution in [3.63, 3.8) is 0 Å². The summed E-state index contributed by atoms with van der Waals surface area (Å²) in [4.78, 5) is 2.26.